The summed E-state index contributed by atoms with van der Waals surface area (Å²) in [6.45, 7) is 1.88. The van der Waals surface area contributed by atoms with Crippen LogP contribution >= 0.6 is 23.4 Å². The van der Waals surface area contributed by atoms with Crippen molar-refractivity contribution in [2.24, 2.45) is 10.2 Å². The predicted molar refractivity (Wildman–Crippen MR) is 160 cm³/mol. The zero-order valence-corrected chi connectivity index (χ0v) is 23.2. The largest absolute Gasteiger partial charge is 0.497 e. The summed E-state index contributed by atoms with van der Waals surface area (Å²) in [5.74, 6) is 0.148. The number of methoxy groups -OCH3 is 1. The van der Waals surface area contributed by atoms with Crippen molar-refractivity contribution >= 4 is 52.2 Å². The monoisotopic (exact) mass is 572 g/mol. The molecule has 1 unspecified atom stereocenters. The number of anilines is 1. The van der Waals surface area contributed by atoms with E-state index >= 15 is 0 Å². The van der Waals surface area contributed by atoms with Gasteiger partial charge in [-0.15, -0.1) is 5.10 Å². The number of aryl methyl sites for hydroxylation is 1. The van der Waals surface area contributed by atoms with Gasteiger partial charge in [-0.05, 0) is 61.0 Å². The molecule has 1 aliphatic heterocycles. The van der Waals surface area contributed by atoms with E-state index in [0.29, 0.717) is 21.6 Å². The van der Waals surface area contributed by atoms with Crippen molar-refractivity contribution in [3.63, 3.8) is 0 Å². The van der Waals surface area contributed by atoms with E-state index < -0.39 is 5.25 Å². The van der Waals surface area contributed by atoms with Crippen LogP contribution in [-0.4, -0.2) is 45.3 Å². The van der Waals surface area contributed by atoms with Gasteiger partial charge in [0.25, 0.3) is 0 Å². The minimum atomic E-state index is -0.620. The molecule has 1 atom stereocenters. The van der Waals surface area contributed by atoms with Crippen LogP contribution in [0.5, 0.6) is 5.75 Å². The van der Waals surface area contributed by atoms with E-state index in [1.54, 1.807) is 30.1 Å². The number of carbonyl (C=O) groups excluding carboxylic acids is 2. The number of thioether (sulfide) groups is 1. The second kappa shape index (κ2) is 12.2. The van der Waals surface area contributed by atoms with Gasteiger partial charge in [0.15, 0.2) is 5.17 Å². The normalized spacial score (nSPS) is 15.9. The van der Waals surface area contributed by atoms with Gasteiger partial charge in [0.1, 0.15) is 16.7 Å². The Hall–Kier alpha value is -4.41. The van der Waals surface area contributed by atoms with Crippen molar-refractivity contribution in [2.75, 3.05) is 12.4 Å². The lowest BCUT2D eigenvalue weighted by Crippen LogP contribution is -2.28. The zero-order chi connectivity index (χ0) is 28.1. The maximum Gasteiger partial charge on any atom is 0.240 e. The van der Waals surface area contributed by atoms with Crippen LogP contribution in [0.25, 0.3) is 16.9 Å². The van der Waals surface area contributed by atoms with Gasteiger partial charge in [0, 0.05) is 34.5 Å². The zero-order valence-electron chi connectivity index (χ0n) is 21.7. The lowest BCUT2D eigenvalue weighted by molar-refractivity contribution is -0.122. The molecule has 2 amide bonds. The second-order valence-electron chi connectivity index (χ2n) is 8.90. The number of benzene rings is 3. The summed E-state index contributed by atoms with van der Waals surface area (Å²) in [6, 6.07) is 22.6. The van der Waals surface area contributed by atoms with Crippen LogP contribution < -0.4 is 15.4 Å². The number of ether oxygens (including phenoxy) is 1. The number of carbonyl (C=O) groups is 2. The number of amides is 2. The first-order valence-corrected chi connectivity index (χ1v) is 13.6. The topological polar surface area (TPSA) is 110 Å². The van der Waals surface area contributed by atoms with Crippen molar-refractivity contribution in [1.82, 2.24) is 15.1 Å². The van der Waals surface area contributed by atoms with Gasteiger partial charge in [-0.2, -0.15) is 10.2 Å². The Morgan fingerprint density at radius 3 is 2.67 bits per heavy atom. The van der Waals surface area contributed by atoms with Crippen LogP contribution in [0.4, 0.5) is 5.69 Å². The molecule has 4 aromatic rings. The van der Waals surface area contributed by atoms with Gasteiger partial charge in [0.2, 0.25) is 11.8 Å². The minimum Gasteiger partial charge on any atom is -0.497 e. The Bertz CT molecular complexity index is 1600. The third-order valence-electron chi connectivity index (χ3n) is 6.07. The molecule has 1 aromatic heterocycles. The van der Waals surface area contributed by atoms with E-state index in [9.17, 15) is 9.59 Å². The van der Waals surface area contributed by atoms with E-state index in [4.69, 9.17) is 21.4 Å². The van der Waals surface area contributed by atoms with Gasteiger partial charge < -0.3 is 15.4 Å². The molecule has 0 radical (unpaired) electrons. The molecule has 1 fully saturated rings. The van der Waals surface area contributed by atoms with Crippen LogP contribution in [0, 0.1) is 6.92 Å². The summed E-state index contributed by atoms with van der Waals surface area (Å²) in [7, 11) is 1.62. The summed E-state index contributed by atoms with van der Waals surface area (Å²) < 4.78 is 7.05. The molecule has 2 N–H and O–H groups in total. The molecule has 0 bridgehead atoms. The van der Waals surface area contributed by atoms with Crippen LogP contribution in [0.2, 0.25) is 5.02 Å². The first-order valence-electron chi connectivity index (χ1n) is 12.3. The quantitative estimate of drug-likeness (QED) is 0.215. The van der Waals surface area contributed by atoms with E-state index in [2.05, 4.69) is 20.8 Å². The van der Waals surface area contributed by atoms with Crippen molar-refractivity contribution < 1.29 is 14.3 Å². The molecular weight excluding hydrogens is 548 g/mol. The maximum atomic E-state index is 12.5. The molecule has 0 spiro atoms. The van der Waals surface area contributed by atoms with Gasteiger partial charge >= 0.3 is 0 Å². The highest BCUT2D eigenvalue weighted by molar-refractivity contribution is 8.15. The first kappa shape index (κ1) is 27.2. The van der Waals surface area contributed by atoms with Crippen molar-refractivity contribution in [3.8, 4) is 22.7 Å². The highest BCUT2D eigenvalue weighted by Crippen LogP contribution is 2.26. The van der Waals surface area contributed by atoms with Crippen molar-refractivity contribution in [3.05, 3.63) is 95.1 Å². The fourth-order valence-corrected chi connectivity index (χ4v) is 5.05. The number of halogens is 1. The fourth-order valence-electron chi connectivity index (χ4n) is 3.95. The second-order valence-corrected chi connectivity index (χ2v) is 10.5. The van der Waals surface area contributed by atoms with Gasteiger partial charge in [0.05, 0.1) is 19.0 Å². The third kappa shape index (κ3) is 6.41. The summed E-state index contributed by atoms with van der Waals surface area (Å²) in [4.78, 5) is 25.0. The number of hydrogen-bond donors (Lipinski definition) is 2. The van der Waals surface area contributed by atoms with E-state index in [0.717, 1.165) is 39.9 Å². The van der Waals surface area contributed by atoms with Crippen LogP contribution in [0.3, 0.4) is 0 Å². The molecule has 0 aliphatic carbocycles. The summed E-state index contributed by atoms with van der Waals surface area (Å²) in [5, 5.41) is 18.9. The Morgan fingerprint density at radius 1 is 1.18 bits per heavy atom. The predicted octanol–water partition coefficient (Wildman–Crippen LogP) is 5.46. The SMILES string of the molecule is COc1ccc(-c2nn(-c3ccccc3)cc2/C=N/N=C2/NC(=O)C(CC(=O)Nc3ccc(C)c(Cl)c3)S2)cc1. The van der Waals surface area contributed by atoms with Gasteiger partial charge in [-0.3, -0.25) is 9.59 Å². The number of amidine groups is 1. The van der Waals surface area contributed by atoms with E-state index in [1.165, 1.54) is 0 Å². The smallest absolute Gasteiger partial charge is 0.240 e. The Kier molecular flexibility index (Phi) is 8.28. The number of hydrogen-bond acceptors (Lipinski definition) is 7. The molecule has 9 nitrogen and oxygen atoms in total. The lowest BCUT2D eigenvalue weighted by Gasteiger charge is -2.08. The Balaban J connectivity index is 1.30. The van der Waals surface area contributed by atoms with E-state index in [-0.39, 0.29) is 18.2 Å². The average molecular weight is 573 g/mol. The van der Waals surface area contributed by atoms with Gasteiger partial charge in [-0.1, -0.05) is 47.6 Å². The summed E-state index contributed by atoms with van der Waals surface area (Å²) >= 11 is 7.29. The Labute approximate surface area is 240 Å². The highest BCUT2D eigenvalue weighted by Gasteiger charge is 2.32. The molecule has 5 rings (SSSR count). The molecular formula is C29H25ClN6O3S. The fraction of sp³-hybridized carbons (Fsp3) is 0.138. The summed E-state index contributed by atoms with van der Waals surface area (Å²) in [5.41, 5.74) is 4.72. The van der Waals surface area contributed by atoms with Crippen molar-refractivity contribution in [1.29, 1.82) is 0 Å². The van der Waals surface area contributed by atoms with E-state index in [1.807, 2.05) is 73.8 Å². The van der Waals surface area contributed by atoms with Gasteiger partial charge in [-0.25, -0.2) is 4.68 Å². The third-order valence-corrected chi connectivity index (χ3v) is 7.55. The summed E-state index contributed by atoms with van der Waals surface area (Å²) in [6.07, 6.45) is 3.44. The minimum absolute atomic E-state index is 0.0177. The first-order chi connectivity index (χ1) is 19.4. The molecule has 1 aliphatic rings. The molecule has 1 saturated heterocycles. The number of nitrogens with zero attached hydrogens (tertiary/aromatic N) is 4. The number of para-hydroxylation sites is 1. The molecule has 2 heterocycles. The molecule has 202 valence electrons. The maximum absolute atomic E-state index is 12.5. The van der Waals surface area contributed by atoms with Crippen molar-refractivity contribution in [2.45, 2.75) is 18.6 Å². The number of rotatable bonds is 8. The van der Waals surface area contributed by atoms with Crippen LogP contribution in [0.15, 0.2) is 89.2 Å². The average Bonchev–Trinajstić information content (AvgIpc) is 3.54. The molecule has 40 heavy (non-hydrogen) atoms. The molecule has 0 saturated carbocycles. The number of nitrogens with one attached hydrogen (secondary N) is 2. The van der Waals surface area contributed by atoms with Crippen LogP contribution in [0.1, 0.15) is 17.5 Å². The lowest BCUT2D eigenvalue weighted by atomic mass is 10.1. The van der Waals surface area contributed by atoms with Crippen LogP contribution in [-0.2, 0) is 9.59 Å². The molecule has 3 aromatic carbocycles. The molecule has 11 heteroatoms. The Morgan fingerprint density at radius 2 is 1.95 bits per heavy atom. The standard InChI is InChI=1S/C29H25ClN6O3S/c1-18-8-11-21(14-24(18)30)32-26(37)15-25-28(38)33-29(40-25)34-31-16-20-17-36(22-6-4-3-5-7-22)35-27(20)19-9-12-23(39-2)13-10-19/h3-14,16-17,25H,15H2,1-2H3,(H,32,37)(H,33,34,38)/b31-16+. The number of aromatic nitrogens is 2. The highest BCUT2D eigenvalue weighted by atomic mass is 35.5.